The molecular formula is C29H35ClN2O. The first-order chi connectivity index (χ1) is 16.2. The van der Waals surface area contributed by atoms with Crippen molar-refractivity contribution in [2.45, 2.75) is 32.2 Å². The van der Waals surface area contributed by atoms with Crippen molar-refractivity contribution in [3.8, 4) is 5.75 Å². The van der Waals surface area contributed by atoms with Gasteiger partial charge in [-0.3, -0.25) is 9.80 Å². The lowest BCUT2D eigenvalue weighted by atomic mass is 9.96. The van der Waals surface area contributed by atoms with Crippen LogP contribution in [0.5, 0.6) is 5.75 Å². The van der Waals surface area contributed by atoms with Crippen LogP contribution in [0.15, 0.2) is 78.9 Å². The van der Waals surface area contributed by atoms with E-state index in [1.54, 1.807) is 0 Å². The Morgan fingerprint density at radius 3 is 2.15 bits per heavy atom. The molecule has 0 spiro atoms. The van der Waals surface area contributed by atoms with E-state index in [9.17, 15) is 0 Å². The molecule has 1 fully saturated rings. The Bertz CT molecular complexity index is 951. The third-order valence-corrected chi connectivity index (χ3v) is 6.74. The number of hydrogen-bond donors (Lipinski definition) is 0. The number of halogens is 1. The van der Waals surface area contributed by atoms with Crippen LogP contribution < -0.4 is 4.74 Å². The van der Waals surface area contributed by atoms with Gasteiger partial charge in [0.1, 0.15) is 12.4 Å². The molecule has 1 unspecified atom stereocenters. The summed E-state index contributed by atoms with van der Waals surface area (Å²) in [4.78, 5) is 5.10. The van der Waals surface area contributed by atoms with Crippen molar-refractivity contribution in [2.24, 2.45) is 0 Å². The molecule has 1 atom stereocenters. The van der Waals surface area contributed by atoms with E-state index in [0.717, 1.165) is 56.5 Å². The second-order valence-electron chi connectivity index (χ2n) is 8.84. The summed E-state index contributed by atoms with van der Waals surface area (Å²) in [6.45, 7) is 8.10. The standard InChI is InChI=1S/C29H35ClN2O/c1-2-3-7-24-10-16-28(17-11-24)33-23-22-31-18-20-32(21-19-31)29(25-8-5-4-6-9-25)26-12-14-27(30)15-13-26/h4-6,8-17,29H,2-3,7,18-23H2,1H3. The van der Waals surface area contributed by atoms with Crippen molar-refractivity contribution >= 4 is 11.6 Å². The van der Waals surface area contributed by atoms with E-state index in [-0.39, 0.29) is 6.04 Å². The summed E-state index contributed by atoms with van der Waals surface area (Å²) < 4.78 is 6.02. The molecule has 1 aliphatic rings. The summed E-state index contributed by atoms with van der Waals surface area (Å²) in [6.07, 6.45) is 3.63. The van der Waals surface area contributed by atoms with Crippen LogP contribution in [0.2, 0.25) is 5.02 Å². The second kappa shape index (κ2) is 12.2. The van der Waals surface area contributed by atoms with Gasteiger partial charge >= 0.3 is 0 Å². The highest BCUT2D eigenvalue weighted by Gasteiger charge is 2.26. The van der Waals surface area contributed by atoms with Gasteiger partial charge in [-0.25, -0.2) is 0 Å². The van der Waals surface area contributed by atoms with E-state index in [1.807, 2.05) is 12.1 Å². The van der Waals surface area contributed by atoms with Gasteiger partial charge in [0.25, 0.3) is 0 Å². The lowest BCUT2D eigenvalue weighted by Gasteiger charge is -2.39. The van der Waals surface area contributed by atoms with Crippen LogP contribution in [0.25, 0.3) is 0 Å². The van der Waals surface area contributed by atoms with Crippen LogP contribution in [0, 0.1) is 0 Å². The highest BCUT2D eigenvalue weighted by atomic mass is 35.5. The number of aryl methyl sites for hydroxylation is 1. The quantitative estimate of drug-likeness (QED) is 0.343. The maximum atomic E-state index is 6.16. The SMILES string of the molecule is CCCCc1ccc(OCCN2CCN(C(c3ccccc3)c3ccc(Cl)cc3)CC2)cc1. The van der Waals surface area contributed by atoms with Gasteiger partial charge in [0.2, 0.25) is 0 Å². The summed E-state index contributed by atoms with van der Waals surface area (Å²) in [6, 6.07) is 28.0. The molecule has 0 aromatic heterocycles. The summed E-state index contributed by atoms with van der Waals surface area (Å²) in [7, 11) is 0. The van der Waals surface area contributed by atoms with Gasteiger partial charge in [-0.1, -0.05) is 79.5 Å². The van der Waals surface area contributed by atoms with Gasteiger partial charge in [0.15, 0.2) is 0 Å². The maximum Gasteiger partial charge on any atom is 0.119 e. The first kappa shape index (κ1) is 23.8. The molecule has 4 rings (SSSR count). The van der Waals surface area contributed by atoms with Crippen LogP contribution in [-0.4, -0.2) is 49.1 Å². The van der Waals surface area contributed by atoms with Crippen LogP contribution in [0.4, 0.5) is 0 Å². The smallest absolute Gasteiger partial charge is 0.119 e. The van der Waals surface area contributed by atoms with Gasteiger partial charge in [-0.05, 0) is 53.8 Å². The summed E-state index contributed by atoms with van der Waals surface area (Å²) in [5.41, 5.74) is 4.03. The Morgan fingerprint density at radius 1 is 0.818 bits per heavy atom. The topological polar surface area (TPSA) is 15.7 Å². The molecule has 0 bridgehead atoms. The van der Waals surface area contributed by atoms with Gasteiger partial charge in [0, 0.05) is 37.7 Å². The zero-order chi connectivity index (χ0) is 22.9. The lowest BCUT2D eigenvalue weighted by molar-refractivity contribution is 0.0977. The number of rotatable bonds is 10. The van der Waals surface area contributed by atoms with E-state index in [4.69, 9.17) is 16.3 Å². The Hall–Kier alpha value is -2.33. The van der Waals surface area contributed by atoms with Crippen LogP contribution in [0.1, 0.15) is 42.5 Å². The predicted molar refractivity (Wildman–Crippen MR) is 138 cm³/mol. The average Bonchev–Trinajstić information content (AvgIpc) is 2.86. The minimum absolute atomic E-state index is 0.257. The van der Waals surface area contributed by atoms with E-state index >= 15 is 0 Å². The molecule has 0 saturated carbocycles. The minimum Gasteiger partial charge on any atom is -0.492 e. The van der Waals surface area contributed by atoms with Gasteiger partial charge in [-0.15, -0.1) is 0 Å². The van der Waals surface area contributed by atoms with Crippen molar-refractivity contribution in [1.82, 2.24) is 9.80 Å². The summed E-state index contributed by atoms with van der Waals surface area (Å²) in [5.74, 6) is 0.973. The summed E-state index contributed by atoms with van der Waals surface area (Å²) in [5, 5.41) is 0.783. The molecule has 33 heavy (non-hydrogen) atoms. The van der Waals surface area contributed by atoms with Crippen molar-refractivity contribution in [3.63, 3.8) is 0 Å². The van der Waals surface area contributed by atoms with E-state index in [1.165, 1.54) is 29.5 Å². The molecule has 0 N–H and O–H groups in total. The van der Waals surface area contributed by atoms with E-state index in [0.29, 0.717) is 0 Å². The zero-order valence-corrected chi connectivity index (χ0v) is 20.4. The molecule has 3 aromatic rings. The number of unbranched alkanes of at least 4 members (excludes halogenated alkanes) is 1. The van der Waals surface area contributed by atoms with Crippen molar-refractivity contribution in [2.75, 3.05) is 39.3 Å². The third kappa shape index (κ3) is 6.83. The molecular weight excluding hydrogens is 428 g/mol. The van der Waals surface area contributed by atoms with Crippen molar-refractivity contribution < 1.29 is 4.74 Å². The van der Waals surface area contributed by atoms with Gasteiger partial charge < -0.3 is 4.74 Å². The number of ether oxygens (including phenoxy) is 1. The van der Waals surface area contributed by atoms with Gasteiger partial charge in [-0.2, -0.15) is 0 Å². The van der Waals surface area contributed by atoms with Crippen LogP contribution in [-0.2, 0) is 6.42 Å². The van der Waals surface area contributed by atoms with Crippen molar-refractivity contribution in [1.29, 1.82) is 0 Å². The number of benzene rings is 3. The van der Waals surface area contributed by atoms with Gasteiger partial charge in [0.05, 0.1) is 6.04 Å². The minimum atomic E-state index is 0.257. The monoisotopic (exact) mass is 462 g/mol. The Balaban J connectivity index is 1.29. The Kier molecular flexibility index (Phi) is 8.82. The Labute approximate surface area is 203 Å². The third-order valence-electron chi connectivity index (χ3n) is 6.49. The normalized spacial score (nSPS) is 15.9. The molecule has 1 aliphatic heterocycles. The number of nitrogens with zero attached hydrogens (tertiary/aromatic N) is 2. The molecule has 3 aromatic carbocycles. The molecule has 174 valence electrons. The number of hydrogen-bond acceptors (Lipinski definition) is 3. The summed E-state index contributed by atoms with van der Waals surface area (Å²) >= 11 is 6.16. The number of piperazine rings is 1. The first-order valence-corrected chi connectivity index (χ1v) is 12.6. The molecule has 1 heterocycles. The fourth-order valence-corrected chi connectivity index (χ4v) is 4.69. The predicted octanol–water partition coefficient (Wildman–Crippen LogP) is 6.47. The Morgan fingerprint density at radius 2 is 1.48 bits per heavy atom. The zero-order valence-electron chi connectivity index (χ0n) is 19.6. The first-order valence-electron chi connectivity index (χ1n) is 12.2. The highest BCUT2D eigenvalue weighted by Crippen LogP contribution is 2.30. The van der Waals surface area contributed by atoms with E-state index in [2.05, 4.69) is 83.5 Å². The molecule has 0 radical (unpaired) electrons. The highest BCUT2D eigenvalue weighted by molar-refractivity contribution is 6.30. The fourth-order valence-electron chi connectivity index (χ4n) is 4.57. The largest absolute Gasteiger partial charge is 0.492 e. The fraction of sp³-hybridized carbons (Fsp3) is 0.379. The van der Waals surface area contributed by atoms with Crippen molar-refractivity contribution in [3.05, 3.63) is 101 Å². The lowest BCUT2D eigenvalue weighted by Crippen LogP contribution is -2.48. The maximum absolute atomic E-state index is 6.16. The molecule has 0 aliphatic carbocycles. The average molecular weight is 463 g/mol. The molecule has 1 saturated heterocycles. The van der Waals surface area contributed by atoms with Crippen LogP contribution >= 0.6 is 11.6 Å². The molecule has 0 amide bonds. The molecule has 4 heteroatoms. The molecule has 3 nitrogen and oxygen atoms in total. The van der Waals surface area contributed by atoms with Crippen LogP contribution in [0.3, 0.4) is 0 Å². The second-order valence-corrected chi connectivity index (χ2v) is 9.27. The van der Waals surface area contributed by atoms with E-state index < -0.39 is 0 Å².